The number of aromatic nitrogens is 3. The Labute approximate surface area is 104 Å². The Morgan fingerprint density at radius 1 is 1.33 bits per heavy atom. The first kappa shape index (κ1) is 12.3. The van der Waals surface area contributed by atoms with Crippen LogP contribution >= 0.6 is 0 Å². The highest BCUT2D eigenvalue weighted by molar-refractivity contribution is 5.97. The third kappa shape index (κ3) is 2.01. The maximum atomic E-state index is 11.3. The van der Waals surface area contributed by atoms with E-state index in [0.29, 0.717) is 23.6 Å². The molecule has 0 radical (unpaired) electrons. The number of hydrogen-bond donors (Lipinski definition) is 2. The summed E-state index contributed by atoms with van der Waals surface area (Å²) in [6.07, 6.45) is 1.59. The summed E-state index contributed by atoms with van der Waals surface area (Å²) in [6, 6.07) is 0. The lowest BCUT2D eigenvalue weighted by Gasteiger charge is -1.96. The van der Waals surface area contributed by atoms with Crippen LogP contribution in [0.3, 0.4) is 0 Å². The first-order valence-corrected chi connectivity index (χ1v) is 5.79. The highest BCUT2D eigenvalue weighted by Crippen LogP contribution is 2.29. The van der Waals surface area contributed by atoms with E-state index in [2.05, 4.69) is 15.2 Å². The molecule has 0 saturated heterocycles. The van der Waals surface area contributed by atoms with Gasteiger partial charge in [-0.3, -0.25) is 0 Å². The summed E-state index contributed by atoms with van der Waals surface area (Å²) in [6.45, 7) is 5.51. The molecule has 0 aromatic carbocycles. The van der Waals surface area contributed by atoms with Crippen molar-refractivity contribution in [3.05, 3.63) is 22.8 Å². The Balaban J connectivity index is 2.52. The van der Waals surface area contributed by atoms with E-state index in [1.807, 2.05) is 6.92 Å². The number of rotatable bonds is 4. The highest BCUT2D eigenvalue weighted by Gasteiger charge is 2.23. The predicted molar refractivity (Wildman–Crippen MR) is 64.5 cm³/mol. The maximum absolute atomic E-state index is 11.3. The summed E-state index contributed by atoms with van der Waals surface area (Å²) in [5, 5.41) is 17.1. The lowest BCUT2D eigenvalue weighted by molar-refractivity contribution is 0.0697. The zero-order valence-corrected chi connectivity index (χ0v) is 10.6. The van der Waals surface area contributed by atoms with Gasteiger partial charge in [0, 0.05) is 17.8 Å². The minimum atomic E-state index is -0.998. The van der Waals surface area contributed by atoms with Crippen molar-refractivity contribution in [2.75, 3.05) is 0 Å². The second-order valence-electron chi connectivity index (χ2n) is 4.18. The molecule has 2 aromatic rings. The summed E-state index contributed by atoms with van der Waals surface area (Å²) >= 11 is 0. The van der Waals surface area contributed by atoms with Crippen LogP contribution < -0.4 is 0 Å². The normalized spacial score (nSPS) is 10.8. The fraction of sp³-hybridized carbons (Fsp3) is 0.417. The SMILES string of the molecule is CCCc1nnc(-c2c(C)[nH]c(C)c2C(=O)O)o1. The van der Waals surface area contributed by atoms with E-state index in [9.17, 15) is 9.90 Å². The minimum absolute atomic E-state index is 0.194. The molecule has 96 valence electrons. The molecule has 0 aliphatic heterocycles. The van der Waals surface area contributed by atoms with Crippen LogP contribution in [0.2, 0.25) is 0 Å². The van der Waals surface area contributed by atoms with Gasteiger partial charge >= 0.3 is 5.97 Å². The number of carbonyl (C=O) groups is 1. The maximum Gasteiger partial charge on any atom is 0.338 e. The van der Waals surface area contributed by atoms with Crippen LogP contribution in [0.5, 0.6) is 0 Å². The van der Waals surface area contributed by atoms with E-state index in [1.54, 1.807) is 13.8 Å². The number of carboxylic acids is 1. The molecule has 0 bridgehead atoms. The van der Waals surface area contributed by atoms with Crippen molar-refractivity contribution in [1.29, 1.82) is 0 Å². The fourth-order valence-electron chi connectivity index (χ4n) is 1.99. The average Bonchev–Trinajstić information content (AvgIpc) is 2.83. The zero-order chi connectivity index (χ0) is 13.3. The Bertz CT molecular complexity index is 583. The predicted octanol–water partition coefficient (Wildman–Crippen LogP) is 2.33. The van der Waals surface area contributed by atoms with Crippen LogP contribution in [0.25, 0.3) is 11.5 Å². The van der Waals surface area contributed by atoms with Gasteiger partial charge in [-0.1, -0.05) is 6.92 Å². The van der Waals surface area contributed by atoms with Gasteiger partial charge in [0.15, 0.2) is 0 Å². The number of H-pyrrole nitrogens is 1. The van der Waals surface area contributed by atoms with Gasteiger partial charge in [-0.15, -0.1) is 10.2 Å². The third-order valence-electron chi connectivity index (χ3n) is 2.73. The van der Waals surface area contributed by atoms with Crippen molar-refractivity contribution in [3.63, 3.8) is 0 Å². The van der Waals surface area contributed by atoms with E-state index in [1.165, 1.54) is 0 Å². The molecule has 0 saturated carbocycles. The lowest BCUT2D eigenvalue weighted by atomic mass is 10.1. The molecule has 18 heavy (non-hydrogen) atoms. The molecule has 2 N–H and O–H groups in total. The minimum Gasteiger partial charge on any atom is -0.478 e. The molecule has 2 aromatic heterocycles. The Kier molecular flexibility index (Phi) is 3.18. The van der Waals surface area contributed by atoms with Crippen molar-refractivity contribution >= 4 is 5.97 Å². The average molecular weight is 249 g/mol. The molecule has 6 heteroatoms. The molecular formula is C12H15N3O3. The van der Waals surface area contributed by atoms with E-state index in [0.717, 1.165) is 12.1 Å². The molecule has 0 atom stereocenters. The van der Waals surface area contributed by atoms with Crippen LogP contribution in [-0.2, 0) is 6.42 Å². The van der Waals surface area contributed by atoms with Gasteiger partial charge in [0.2, 0.25) is 11.8 Å². The molecule has 0 unspecified atom stereocenters. The van der Waals surface area contributed by atoms with Crippen LogP contribution in [0.4, 0.5) is 0 Å². The van der Waals surface area contributed by atoms with Gasteiger partial charge in [-0.25, -0.2) is 4.79 Å². The summed E-state index contributed by atoms with van der Waals surface area (Å²) in [4.78, 5) is 14.2. The zero-order valence-electron chi connectivity index (χ0n) is 10.6. The quantitative estimate of drug-likeness (QED) is 0.867. The van der Waals surface area contributed by atoms with Crippen molar-refractivity contribution in [2.24, 2.45) is 0 Å². The van der Waals surface area contributed by atoms with Crippen molar-refractivity contribution in [1.82, 2.24) is 15.2 Å². The van der Waals surface area contributed by atoms with Crippen LogP contribution in [0, 0.1) is 13.8 Å². The second-order valence-corrected chi connectivity index (χ2v) is 4.18. The van der Waals surface area contributed by atoms with Crippen molar-refractivity contribution in [2.45, 2.75) is 33.6 Å². The lowest BCUT2D eigenvalue weighted by Crippen LogP contribution is -1.99. The molecular weight excluding hydrogens is 234 g/mol. The Morgan fingerprint density at radius 3 is 2.67 bits per heavy atom. The Morgan fingerprint density at radius 2 is 2.06 bits per heavy atom. The van der Waals surface area contributed by atoms with E-state index < -0.39 is 5.97 Å². The Hall–Kier alpha value is -2.11. The summed E-state index contributed by atoms with van der Waals surface area (Å²) in [5.74, 6) is -0.207. The van der Waals surface area contributed by atoms with Gasteiger partial charge in [0.05, 0.1) is 11.1 Å². The molecule has 0 spiro atoms. The summed E-state index contributed by atoms with van der Waals surface area (Å²) in [5.41, 5.74) is 1.98. The molecule has 0 fully saturated rings. The highest BCUT2D eigenvalue weighted by atomic mass is 16.4. The number of aryl methyl sites for hydroxylation is 3. The molecule has 2 rings (SSSR count). The van der Waals surface area contributed by atoms with Crippen LogP contribution in [-0.4, -0.2) is 26.3 Å². The number of nitrogens with one attached hydrogen (secondary N) is 1. The third-order valence-corrected chi connectivity index (χ3v) is 2.73. The largest absolute Gasteiger partial charge is 0.478 e. The summed E-state index contributed by atoms with van der Waals surface area (Å²) in [7, 11) is 0. The number of hydrogen-bond acceptors (Lipinski definition) is 4. The molecule has 2 heterocycles. The van der Waals surface area contributed by atoms with Crippen molar-refractivity contribution < 1.29 is 14.3 Å². The van der Waals surface area contributed by atoms with Crippen LogP contribution in [0.1, 0.15) is 41.0 Å². The van der Waals surface area contributed by atoms with Crippen LogP contribution in [0.15, 0.2) is 4.42 Å². The van der Waals surface area contributed by atoms with Gasteiger partial charge < -0.3 is 14.5 Å². The second kappa shape index (κ2) is 4.64. The topological polar surface area (TPSA) is 92.0 Å². The van der Waals surface area contributed by atoms with E-state index in [4.69, 9.17) is 4.42 Å². The number of aromatic amines is 1. The van der Waals surface area contributed by atoms with E-state index >= 15 is 0 Å². The number of nitrogens with zero attached hydrogens (tertiary/aromatic N) is 2. The van der Waals surface area contributed by atoms with Gasteiger partial charge in [-0.2, -0.15) is 0 Å². The monoisotopic (exact) mass is 249 g/mol. The smallest absolute Gasteiger partial charge is 0.338 e. The van der Waals surface area contributed by atoms with Gasteiger partial charge in [-0.05, 0) is 20.3 Å². The van der Waals surface area contributed by atoms with Crippen molar-refractivity contribution in [3.8, 4) is 11.5 Å². The standard InChI is InChI=1S/C12H15N3O3/c1-4-5-8-14-15-11(18-8)9-6(2)13-7(3)10(9)12(16)17/h13H,4-5H2,1-3H3,(H,16,17). The van der Waals surface area contributed by atoms with Gasteiger partial charge in [0.1, 0.15) is 0 Å². The molecule has 0 aliphatic carbocycles. The first-order chi connectivity index (χ1) is 8.54. The van der Waals surface area contributed by atoms with Gasteiger partial charge in [0.25, 0.3) is 0 Å². The summed E-state index contributed by atoms with van der Waals surface area (Å²) < 4.78 is 5.49. The number of carboxylic acid groups (broad SMARTS) is 1. The number of aromatic carboxylic acids is 1. The molecule has 0 amide bonds. The molecule has 6 nitrogen and oxygen atoms in total. The van der Waals surface area contributed by atoms with E-state index in [-0.39, 0.29) is 11.5 Å². The fourth-order valence-corrected chi connectivity index (χ4v) is 1.99. The first-order valence-electron chi connectivity index (χ1n) is 5.79. The molecule has 0 aliphatic rings.